The molecule has 0 bridgehead atoms. The van der Waals surface area contributed by atoms with Gasteiger partial charge < -0.3 is 9.47 Å². The number of benzene rings is 1. The Morgan fingerprint density at radius 1 is 1.30 bits per heavy atom. The van der Waals surface area contributed by atoms with Gasteiger partial charge in [-0.25, -0.2) is 0 Å². The highest BCUT2D eigenvalue weighted by molar-refractivity contribution is 6.30. The van der Waals surface area contributed by atoms with Gasteiger partial charge in [0.1, 0.15) is 18.9 Å². The smallest absolute Gasteiger partial charge is 0.256 e. The summed E-state index contributed by atoms with van der Waals surface area (Å²) in [7, 11) is 1.42. The average molecular weight is 291 g/mol. The number of halogens is 1. The SMILES string of the molecule is C=CC(C)(c1ccc(Cl)cc1)C(C#N)(C#N)OCOC. The molecule has 20 heavy (non-hydrogen) atoms. The number of rotatable bonds is 6. The molecular weight excluding hydrogens is 276 g/mol. The second kappa shape index (κ2) is 6.54. The summed E-state index contributed by atoms with van der Waals surface area (Å²) < 4.78 is 10.2. The highest BCUT2D eigenvalue weighted by atomic mass is 35.5. The first-order chi connectivity index (χ1) is 9.49. The van der Waals surface area contributed by atoms with Crippen molar-refractivity contribution in [2.24, 2.45) is 0 Å². The van der Waals surface area contributed by atoms with Gasteiger partial charge in [0.25, 0.3) is 5.60 Å². The zero-order valence-corrected chi connectivity index (χ0v) is 12.1. The summed E-state index contributed by atoms with van der Waals surface area (Å²) in [6.45, 7) is 5.29. The van der Waals surface area contributed by atoms with Crippen LogP contribution in [0.1, 0.15) is 12.5 Å². The van der Waals surface area contributed by atoms with Gasteiger partial charge in [0.05, 0.1) is 5.41 Å². The average Bonchev–Trinajstić information content (AvgIpc) is 2.49. The number of nitriles is 2. The lowest BCUT2D eigenvalue weighted by Crippen LogP contribution is -2.49. The van der Waals surface area contributed by atoms with Crippen molar-refractivity contribution in [2.45, 2.75) is 17.9 Å². The molecule has 1 rings (SSSR count). The Morgan fingerprint density at radius 2 is 1.85 bits per heavy atom. The van der Waals surface area contributed by atoms with Gasteiger partial charge >= 0.3 is 0 Å². The van der Waals surface area contributed by atoms with E-state index in [9.17, 15) is 10.5 Å². The molecule has 0 spiro atoms. The van der Waals surface area contributed by atoms with E-state index in [1.54, 1.807) is 31.2 Å². The number of ether oxygens (including phenoxy) is 2. The molecule has 1 unspecified atom stereocenters. The van der Waals surface area contributed by atoms with Crippen LogP contribution in [-0.2, 0) is 14.9 Å². The molecule has 1 atom stereocenters. The lowest BCUT2D eigenvalue weighted by molar-refractivity contribution is -0.100. The largest absolute Gasteiger partial charge is 0.359 e. The summed E-state index contributed by atoms with van der Waals surface area (Å²) in [5.74, 6) is 0. The standard InChI is InChI=1S/C15H15ClN2O2/c1-4-14(2,12-5-7-13(16)8-6-12)15(9-17,10-18)20-11-19-3/h4-8H,1,11H2,2-3H3. The summed E-state index contributed by atoms with van der Waals surface area (Å²) >= 11 is 5.86. The number of hydrogen-bond donors (Lipinski definition) is 0. The van der Waals surface area contributed by atoms with Crippen LogP contribution in [0.2, 0.25) is 5.02 Å². The van der Waals surface area contributed by atoms with Crippen LogP contribution in [0, 0.1) is 22.7 Å². The van der Waals surface area contributed by atoms with Crippen LogP contribution in [0.15, 0.2) is 36.9 Å². The van der Waals surface area contributed by atoms with E-state index in [0.29, 0.717) is 10.6 Å². The van der Waals surface area contributed by atoms with E-state index in [2.05, 4.69) is 6.58 Å². The molecule has 0 aliphatic rings. The molecule has 5 heteroatoms. The summed E-state index contributed by atoms with van der Waals surface area (Å²) in [5.41, 5.74) is -2.06. The van der Waals surface area contributed by atoms with Crippen molar-refractivity contribution in [3.63, 3.8) is 0 Å². The Labute approximate surface area is 123 Å². The molecule has 0 aliphatic heterocycles. The molecule has 0 heterocycles. The molecule has 1 aromatic carbocycles. The second-order valence-electron chi connectivity index (χ2n) is 4.37. The fourth-order valence-corrected chi connectivity index (χ4v) is 2.01. The fourth-order valence-electron chi connectivity index (χ4n) is 1.88. The van der Waals surface area contributed by atoms with Crippen molar-refractivity contribution in [3.8, 4) is 12.1 Å². The van der Waals surface area contributed by atoms with Crippen LogP contribution in [0.4, 0.5) is 0 Å². The van der Waals surface area contributed by atoms with Crippen LogP contribution < -0.4 is 0 Å². The molecule has 0 saturated heterocycles. The third-order valence-electron chi connectivity index (χ3n) is 3.29. The number of nitrogens with zero attached hydrogens (tertiary/aromatic N) is 2. The molecule has 104 valence electrons. The molecule has 1 aromatic rings. The monoisotopic (exact) mass is 290 g/mol. The highest BCUT2D eigenvalue weighted by Gasteiger charge is 2.50. The van der Waals surface area contributed by atoms with Gasteiger partial charge in [-0.15, -0.1) is 6.58 Å². The van der Waals surface area contributed by atoms with E-state index in [1.807, 2.05) is 12.1 Å². The van der Waals surface area contributed by atoms with Crippen molar-refractivity contribution < 1.29 is 9.47 Å². The molecule has 0 saturated carbocycles. The summed E-state index contributed by atoms with van der Waals surface area (Å²) in [6.07, 6.45) is 1.53. The van der Waals surface area contributed by atoms with Gasteiger partial charge in [-0.05, 0) is 24.6 Å². The molecule has 0 amide bonds. The maximum absolute atomic E-state index is 9.46. The lowest BCUT2D eigenvalue weighted by Gasteiger charge is -2.36. The Balaban J connectivity index is 3.39. The van der Waals surface area contributed by atoms with Crippen LogP contribution in [0.5, 0.6) is 0 Å². The predicted octanol–water partition coefficient (Wildman–Crippen LogP) is 3.19. The van der Waals surface area contributed by atoms with Crippen LogP contribution in [-0.4, -0.2) is 19.5 Å². The molecule has 0 N–H and O–H groups in total. The predicted molar refractivity (Wildman–Crippen MR) is 75.9 cm³/mol. The number of hydrogen-bond acceptors (Lipinski definition) is 4. The molecule has 0 aliphatic carbocycles. The van der Waals surface area contributed by atoms with Crippen LogP contribution in [0.3, 0.4) is 0 Å². The third-order valence-corrected chi connectivity index (χ3v) is 3.54. The van der Waals surface area contributed by atoms with Gasteiger partial charge in [-0.1, -0.05) is 29.8 Å². The Bertz CT molecular complexity index is 543. The van der Waals surface area contributed by atoms with Crippen LogP contribution >= 0.6 is 11.6 Å². The van der Waals surface area contributed by atoms with Gasteiger partial charge in [0, 0.05) is 12.1 Å². The molecule has 0 radical (unpaired) electrons. The highest BCUT2D eigenvalue weighted by Crippen LogP contribution is 2.39. The topological polar surface area (TPSA) is 66.0 Å². The van der Waals surface area contributed by atoms with E-state index < -0.39 is 11.0 Å². The second-order valence-corrected chi connectivity index (χ2v) is 4.81. The van der Waals surface area contributed by atoms with Crippen molar-refractivity contribution in [3.05, 3.63) is 47.5 Å². The van der Waals surface area contributed by atoms with E-state index >= 15 is 0 Å². The van der Waals surface area contributed by atoms with E-state index in [4.69, 9.17) is 21.1 Å². The normalized spacial score (nSPS) is 13.8. The molecule has 0 fully saturated rings. The minimum Gasteiger partial charge on any atom is -0.359 e. The Hall–Kier alpha value is -1.85. The van der Waals surface area contributed by atoms with E-state index in [1.165, 1.54) is 13.2 Å². The van der Waals surface area contributed by atoms with Gasteiger partial charge in [-0.3, -0.25) is 0 Å². The van der Waals surface area contributed by atoms with Gasteiger partial charge in [0.15, 0.2) is 0 Å². The zero-order valence-electron chi connectivity index (χ0n) is 11.4. The van der Waals surface area contributed by atoms with Crippen molar-refractivity contribution in [1.29, 1.82) is 10.5 Å². The molecule has 4 nitrogen and oxygen atoms in total. The Kier molecular flexibility index (Phi) is 5.30. The quantitative estimate of drug-likeness (QED) is 0.596. The molecule has 0 aromatic heterocycles. The summed E-state index contributed by atoms with van der Waals surface area (Å²) in [4.78, 5) is 0. The van der Waals surface area contributed by atoms with Crippen molar-refractivity contribution in [1.82, 2.24) is 0 Å². The molecular formula is C15H15ClN2O2. The maximum Gasteiger partial charge on any atom is 0.256 e. The van der Waals surface area contributed by atoms with Gasteiger partial charge in [-0.2, -0.15) is 10.5 Å². The first kappa shape index (κ1) is 16.2. The third kappa shape index (κ3) is 2.69. The Morgan fingerprint density at radius 3 is 2.25 bits per heavy atom. The fraction of sp³-hybridized carbons (Fsp3) is 0.333. The van der Waals surface area contributed by atoms with E-state index in [-0.39, 0.29) is 6.79 Å². The first-order valence-electron chi connectivity index (χ1n) is 5.84. The minimum absolute atomic E-state index is 0.169. The van der Waals surface area contributed by atoms with Gasteiger partial charge in [0.2, 0.25) is 0 Å². The minimum atomic E-state index is -1.74. The zero-order chi connectivity index (χ0) is 15.2. The maximum atomic E-state index is 9.46. The lowest BCUT2D eigenvalue weighted by atomic mass is 9.69. The van der Waals surface area contributed by atoms with Crippen molar-refractivity contribution >= 4 is 11.6 Å². The summed E-state index contributed by atoms with van der Waals surface area (Å²) in [5, 5.41) is 19.5. The van der Waals surface area contributed by atoms with Crippen molar-refractivity contribution in [2.75, 3.05) is 13.9 Å². The summed E-state index contributed by atoms with van der Waals surface area (Å²) in [6, 6.07) is 10.7. The van der Waals surface area contributed by atoms with E-state index in [0.717, 1.165) is 0 Å². The van der Waals surface area contributed by atoms with Crippen LogP contribution in [0.25, 0.3) is 0 Å². The first-order valence-corrected chi connectivity index (χ1v) is 6.22. The number of methoxy groups -OCH3 is 1.